The first-order chi connectivity index (χ1) is 9.47. The van der Waals surface area contributed by atoms with Crippen LogP contribution < -0.4 is 11.1 Å². The highest BCUT2D eigenvalue weighted by Gasteiger charge is 2.21. The van der Waals surface area contributed by atoms with Crippen molar-refractivity contribution in [1.82, 2.24) is 0 Å². The molecule has 2 aromatic rings. The molecule has 6 heteroatoms. The number of hydrogen-bond acceptors (Lipinski definition) is 3. The summed E-state index contributed by atoms with van der Waals surface area (Å²) in [4.78, 5) is 11.5. The van der Waals surface area contributed by atoms with Gasteiger partial charge in [0.25, 0.3) is 0 Å². The largest absolute Gasteiger partial charge is 0.508 e. The van der Waals surface area contributed by atoms with E-state index >= 15 is 0 Å². The molecule has 0 spiro atoms. The van der Waals surface area contributed by atoms with Crippen LogP contribution in [-0.4, -0.2) is 11.0 Å². The van der Waals surface area contributed by atoms with Crippen LogP contribution in [0.1, 0.15) is 11.6 Å². The molecule has 0 aliphatic carbocycles. The van der Waals surface area contributed by atoms with Crippen LogP contribution in [0.3, 0.4) is 0 Å². The van der Waals surface area contributed by atoms with Gasteiger partial charge >= 0.3 is 0 Å². The van der Waals surface area contributed by atoms with Crippen LogP contribution in [-0.2, 0) is 4.79 Å². The average molecular weight is 278 g/mol. The van der Waals surface area contributed by atoms with Crippen LogP contribution in [0, 0.1) is 11.6 Å². The van der Waals surface area contributed by atoms with E-state index in [-0.39, 0.29) is 17.0 Å². The molecule has 4 nitrogen and oxygen atoms in total. The molecular formula is C14H12F2N2O2. The summed E-state index contributed by atoms with van der Waals surface area (Å²) in [6.45, 7) is 0. The quantitative estimate of drug-likeness (QED) is 0.803. The van der Waals surface area contributed by atoms with Crippen LogP contribution in [0.4, 0.5) is 14.5 Å². The van der Waals surface area contributed by atoms with Crippen molar-refractivity contribution >= 4 is 11.6 Å². The number of aromatic hydroxyl groups is 1. The van der Waals surface area contributed by atoms with Gasteiger partial charge in [-0.15, -0.1) is 0 Å². The van der Waals surface area contributed by atoms with Gasteiger partial charge in [0.05, 0.1) is 0 Å². The summed E-state index contributed by atoms with van der Waals surface area (Å²) in [5, 5.41) is 12.4. The molecule has 0 heterocycles. The molecule has 0 aromatic heterocycles. The van der Waals surface area contributed by atoms with Crippen molar-refractivity contribution in [1.29, 1.82) is 0 Å². The third-order valence-corrected chi connectivity index (χ3v) is 2.72. The van der Waals surface area contributed by atoms with Gasteiger partial charge in [-0.1, -0.05) is 6.07 Å². The van der Waals surface area contributed by atoms with Gasteiger partial charge in [0.2, 0.25) is 5.91 Å². The van der Waals surface area contributed by atoms with Crippen molar-refractivity contribution in [2.24, 2.45) is 5.73 Å². The number of hydrogen-bond donors (Lipinski definition) is 3. The summed E-state index contributed by atoms with van der Waals surface area (Å²) in [5.74, 6) is -2.22. The lowest BCUT2D eigenvalue weighted by Crippen LogP contribution is -2.28. The van der Waals surface area contributed by atoms with E-state index in [9.17, 15) is 18.7 Å². The van der Waals surface area contributed by atoms with E-state index in [1.807, 2.05) is 0 Å². The van der Waals surface area contributed by atoms with Crippen molar-refractivity contribution in [3.8, 4) is 5.75 Å². The Morgan fingerprint density at radius 3 is 2.50 bits per heavy atom. The Hall–Kier alpha value is -2.63. The summed E-state index contributed by atoms with van der Waals surface area (Å²) in [6.07, 6.45) is 0. The minimum atomic E-state index is -1.17. The molecule has 104 valence electrons. The monoisotopic (exact) mass is 278 g/mol. The van der Waals surface area contributed by atoms with E-state index in [1.54, 1.807) is 0 Å². The molecule has 0 saturated carbocycles. The summed E-state index contributed by atoms with van der Waals surface area (Å²) in [5.41, 5.74) is 5.52. The molecule has 1 amide bonds. The second-order valence-corrected chi connectivity index (χ2v) is 4.19. The Morgan fingerprint density at radius 1 is 1.15 bits per heavy atom. The number of amides is 1. The van der Waals surface area contributed by atoms with Gasteiger partial charge in [0.1, 0.15) is 23.4 Å². The molecule has 20 heavy (non-hydrogen) atoms. The topological polar surface area (TPSA) is 75.4 Å². The lowest BCUT2D eigenvalue weighted by Gasteiger charge is -2.18. The number of primary amides is 1. The minimum absolute atomic E-state index is 0.0123. The normalized spacial score (nSPS) is 11.9. The second-order valence-electron chi connectivity index (χ2n) is 4.19. The number of benzene rings is 2. The predicted molar refractivity (Wildman–Crippen MR) is 70.0 cm³/mol. The van der Waals surface area contributed by atoms with Crippen LogP contribution in [0.15, 0.2) is 42.5 Å². The summed E-state index contributed by atoms with van der Waals surface area (Å²) in [6, 6.07) is 7.36. The van der Waals surface area contributed by atoms with E-state index in [4.69, 9.17) is 5.73 Å². The van der Waals surface area contributed by atoms with Crippen LogP contribution in [0.5, 0.6) is 5.75 Å². The maximum absolute atomic E-state index is 13.2. The zero-order valence-electron chi connectivity index (χ0n) is 10.3. The van der Waals surface area contributed by atoms with Gasteiger partial charge in [0, 0.05) is 11.3 Å². The number of phenolic OH excluding ortho intramolecular Hbond substituents is 1. The van der Waals surface area contributed by atoms with Crippen molar-refractivity contribution in [3.63, 3.8) is 0 Å². The standard InChI is InChI=1S/C14H12F2N2O2/c15-8-2-1-3-10(6-8)18-13(14(17)20)11-7-9(16)4-5-12(11)19/h1-7,13,18-19H,(H2,17,20). The summed E-state index contributed by atoms with van der Waals surface area (Å²) < 4.78 is 26.3. The highest BCUT2D eigenvalue weighted by atomic mass is 19.1. The molecule has 0 aliphatic heterocycles. The lowest BCUT2D eigenvalue weighted by atomic mass is 10.0. The van der Waals surface area contributed by atoms with Crippen molar-refractivity contribution in [3.05, 3.63) is 59.7 Å². The minimum Gasteiger partial charge on any atom is -0.508 e. The number of carbonyl (C=O) groups excluding carboxylic acids is 1. The van der Waals surface area contributed by atoms with Crippen molar-refractivity contribution < 1.29 is 18.7 Å². The van der Waals surface area contributed by atoms with E-state index in [0.717, 1.165) is 24.3 Å². The average Bonchev–Trinajstić information content (AvgIpc) is 2.39. The third-order valence-electron chi connectivity index (χ3n) is 2.72. The molecule has 1 atom stereocenters. The van der Waals surface area contributed by atoms with Gasteiger partial charge in [-0.05, 0) is 36.4 Å². The molecule has 0 radical (unpaired) electrons. The number of rotatable bonds is 4. The maximum Gasteiger partial charge on any atom is 0.244 e. The smallest absolute Gasteiger partial charge is 0.244 e. The molecule has 0 saturated heterocycles. The Labute approximate surface area is 113 Å². The Kier molecular flexibility index (Phi) is 3.84. The van der Waals surface area contributed by atoms with E-state index < -0.39 is 23.6 Å². The fourth-order valence-electron chi connectivity index (χ4n) is 1.80. The summed E-state index contributed by atoms with van der Waals surface area (Å²) in [7, 11) is 0. The zero-order valence-corrected chi connectivity index (χ0v) is 10.3. The highest BCUT2D eigenvalue weighted by Crippen LogP contribution is 2.28. The van der Waals surface area contributed by atoms with Gasteiger partial charge in [-0.3, -0.25) is 4.79 Å². The Balaban J connectivity index is 2.37. The zero-order chi connectivity index (χ0) is 14.7. The van der Waals surface area contributed by atoms with E-state index in [1.165, 1.54) is 18.2 Å². The number of nitrogens with one attached hydrogen (secondary N) is 1. The number of nitrogens with two attached hydrogens (primary N) is 1. The maximum atomic E-state index is 13.2. The number of halogens is 2. The van der Waals surface area contributed by atoms with Gasteiger partial charge < -0.3 is 16.2 Å². The predicted octanol–water partition coefficient (Wildman–Crippen LogP) is 2.31. The van der Waals surface area contributed by atoms with Gasteiger partial charge in [-0.25, -0.2) is 8.78 Å². The lowest BCUT2D eigenvalue weighted by molar-refractivity contribution is -0.118. The van der Waals surface area contributed by atoms with Crippen LogP contribution >= 0.6 is 0 Å². The van der Waals surface area contributed by atoms with E-state index in [0.29, 0.717) is 0 Å². The molecular weight excluding hydrogens is 266 g/mol. The first kappa shape index (κ1) is 13.8. The fourth-order valence-corrected chi connectivity index (χ4v) is 1.80. The first-order valence-electron chi connectivity index (χ1n) is 5.77. The van der Waals surface area contributed by atoms with Crippen molar-refractivity contribution in [2.45, 2.75) is 6.04 Å². The molecule has 2 aromatic carbocycles. The molecule has 4 N–H and O–H groups in total. The third kappa shape index (κ3) is 3.03. The second kappa shape index (κ2) is 5.56. The molecule has 0 aliphatic rings. The molecule has 0 fully saturated rings. The number of carbonyl (C=O) groups is 1. The molecule has 1 unspecified atom stereocenters. The SMILES string of the molecule is NC(=O)C(Nc1cccc(F)c1)c1cc(F)ccc1O. The van der Waals surface area contributed by atoms with Gasteiger partial charge in [0.15, 0.2) is 0 Å². The van der Waals surface area contributed by atoms with Gasteiger partial charge in [-0.2, -0.15) is 0 Å². The Bertz CT molecular complexity index is 647. The molecule has 0 bridgehead atoms. The number of phenols is 1. The van der Waals surface area contributed by atoms with E-state index in [2.05, 4.69) is 5.32 Å². The first-order valence-corrected chi connectivity index (χ1v) is 5.77. The van der Waals surface area contributed by atoms with Crippen LogP contribution in [0.2, 0.25) is 0 Å². The number of anilines is 1. The fraction of sp³-hybridized carbons (Fsp3) is 0.0714. The Morgan fingerprint density at radius 2 is 1.85 bits per heavy atom. The van der Waals surface area contributed by atoms with Crippen LogP contribution in [0.25, 0.3) is 0 Å². The summed E-state index contributed by atoms with van der Waals surface area (Å²) >= 11 is 0. The molecule has 2 rings (SSSR count). The van der Waals surface area contributed by atoms with Crippen molar-refractivity contribution in [2.75, 3.05) is 5.32 Å². The highest BCUT2D eigenvalue weighted by molar-refractivity contribution is 5.85.